The molecular weight excluding hydrogens is 204 g/mol. The molecule has 86 valence electrons. The number of aromatic nitrogens is 5. The summed E-state index contributed by atoms with van der Waals surface area (Å²) in [5, 5.41) is 8.68. The molecule has 0 saturated heterocycles. The van der Waals surface area contributed by atoms with Crippen molar-refractivity contribution in [2.45, 2.75) is 26.7 Å². The normalized spacial score (nSPS) is 10.9. The Bertz CT molecular complexity index is 495. The predicted molar refractivity (Wildman–Crippen MR) is 61.3 cm³/mol. The number of nitrogens with zero attached hydrogens (tertiary/aromatic N) is 5. The molecule has 2 aromatic rings. The quantitative estimate of drug-likeness (QED) is 0.826. The van der Waals surface area contributed by atoms with Gasteiger partial charge in [0.25, 0.3) is 0 Å². The zero-order valence-corrected chi connectivity index (χ0v) is 9.80. The van der Waals surface area contributed by atoms with Crippen molar-refractivity contribution in [2.24, 2.45) is 7.05 Å². The topological polar surface area (TPSA) is 74.5 Å². The van der Waals surface area contributed by atoms with E-state index in [-0.39, 0.29) is 0 Å². The number of hydrogen-bond acceptors (Lipinski definition) is 4. The third-order valence-electron chi connectivity index (χ3n) is 2.39. The van der Waals surface area contributed by atoms with Crippen molar-refractivity contribution in [3.63, 3.8) is 0 Å². The van der Waals surface area contributed by atoms with E-state index in [1.165, 1.54) is 0 Å². The molecule has 0 spiro atoms. The fraction of sp³-hybridized carbons (Fsp3) is 0.500. The second-order valence-electron chi connectivity index (χ2n) is 3.64. The molecule has 2 N–H and O–H groups in total. The van der Waals surface area contributed by atoms with E-state index in [1.807, 2.05) is 20.9 Å². The number of aryl methyl sites for hydroxylation is 3. The highest BCUT2D eigenvalue weighted by Gasteiger charge is 2.14. The molecular formula is C10H16N6. The zero-order valence-electron chi connectivity index (χ0n) is 9.80. The summed E-state index contributed by atoms with van der Waals surface area (Å²) in [5.74, 6) is 2.37. The van der Waals surface area contributed by atoms with Gasteiger partial charge in [-0.2, -0.15) is 9.78 Å². The average molecular weight is 220 g/mol. The van der Waals surface area contributed by atoms with Crippen LogP contribution in [0.2, 0.25) is 0 Å². The standard InChI is InChI=1S/C10H16N6/c1-4-8-12-9(5-2)16(13-8)10-7(11)6-15(3)14-10/h6H,4-5,11H2,1-3H3. The van der Waals surface area contributed by atoms with Gasteiger partial charge in [0, 0.05) is 26.1 Å². The van der Waals surface area contributed by atoms with Crippen molar-refractivity contribution in [3.05, 3.63) is 17.8 Å². The van der Waals surface area contributed by atoms with Crippen LogP contribution in [0.15, 0.2) is 6.20 Å². The van der Waals surface area contributed by atoms with E-state index in [0.717, 1.165) is 24.5 Å². The van der Waals surface area contributed by atoms with Crippen LogP contribution in [0.4, 0.5) is 5.69 Å². The molecule has 6 nitrogen and oxygen atoms in total. The van der Waals surface area contributed by atoms with Gasteiger partial charge in [0.1, 0.15) is 5.82 Å². The largest absolute Gasteiger partial charge is 0.394 e. The molecule has 2 heterocycles. The van der Waals surface area contributed by atoms with Crippen LogP contribution in [0.1, 0.15) is 25.5 Å². The summed E-state index contributed by atoms with van der Waals surface area (Å²) in [6.45, 7) is 4.07. The summed E-state index contributed by atoms with van der Waals surface area (Å²) >= 11 is 0. The Kier molecular flexibility index (Phi) is 2.64. The van der Waals surface area contributed by atoms with Gasteiger partial charge in [-0.15, -0.1) is 5.10 Å². The fourth-order valence-electron chi connectivity index (χ4n) is 1.60. The summed E-state index contributed by atoms with van der Waals surface area (Å²) in [6, 6.07) is 0. The Hall–Kier alpha value is -1.85. The minimum atomic E-state index is 0.616. The van der Waals surface area contributed by atoms with Gasteiger partial charge in [-0.3, -0.25) is 4.68 Å². The second kappa shape index (κ2) is 3.96. The number of hydrogen-bond donors (Lipinski definition) is 1. The molecule has 0 amide bonds. The highest BCUT2D eigenvalue weighted by molar-refractivity contribution is 5.51. The van der Waals surface area contributed by atoms with Crippen molar-refractivity contribution in [3.8, 4) is 5.82 Å². The maximum atomic E-state index is 5.88. The third kappa shape index (κ3) is 1.66. The number of rotatable bonds is 3. The molecule has 0 unspecified atom stereocenters. The molecule has 0 aliphatic heterocycles. The van der Waals surface area contributed by atoms with Crippen LogP contribution in [0, 0.1) is 0 Å². The lowest BCUT2D eigenvalue weighted by Crippen LogP contribution is -2.05. The zero-order chi connectivity index (χ0) is 11.7. The van der Waals surface area contributed by atoms with E-state index in [9.17, 15) is 0 Å². The molecule has 0 atom stereocenters. The predicted octanol–water partition coefficient (Wildman–Crippen LogP) is 0.708. The van der Waals surface area contributed by atoms with Crippen LogP contribution >= 0.6 is 0 Å². The summed E-state index contributed by atoms with van der Waals surface area (Å²) in [7, 11) is 1.84. The van der Waals surface area contributed by atoms with Crippen LogP contribution in [-0.2, 0) is 19.9 Å². The molecule has 6 heteroatoms. The molecule has 0 aromatic carbocycles. The fourth-order valence-corrected chi connectivity index (χ4v) is 1.60. The Labute approximate surface area is 94.1 Å². The van der Waals surface area contributed by atoms with Gasteiger partial charge >= 0.3 is 0 Å². The van der Waals surface area contributed by atoms with E-state index in [1.54, 1.807) is 15.6 Å². The minimum Gasteiger partial charge on any atom is -0.394 e. The number of nitrogen functional groups attached to an aromatic ring is 1. The van der Waals surface area contributed by atoms with Crippen molar-refractivity contribution in [2.75, 3.05) is 5.73 Å². The first-order chi connectivity index (χ1) is 7.65. The van der Waals surface area contributed by atoms with E-state index < -0.39 is 0 Å². The monoisotopic (exact) mass is 220 g/mol. The van der Waals surface area contributed by atoms with Crippen LogP contribution in [0.25, 0.3) is 5.82 Å². The van der Waals surface area contributed by atoms with Gasteiger partial charge in [-0.25, -0.2) is 4.98 Å². The van der Waals surface area contributed by atoms with Gasteiger partial charge in [0.2, 0.25) is 0 Å². The summed E-state index contributed by atoms with van der Waals surface area (Å²) in [6.07, 6.45) is 3.39. The molecule has 0 aliphatic carbocycles. The molecule has 0 saturated carbocycles. The second-order valence-corrected chi connectivity index (χ2v) is 3.64. The van der Waals surface area contributed by atoms with Gasteiger partial charge < -0.3 is 5.73 Å². The van der Waals surface area contributed by atoms with Gasteiger partial charge in [-0.05, 0) is 0 Å². The molecule has 0 fully saturated rings. The third-order valence-corrected chi connectivity index (χ3v) is 2.39. The Morgan fingerprint density at radius 1 is 1.25 bits per heavy atom. The van der Waals surface area contributed by atoms with Crippen LogP contribution in [0.5, 0.6) is 0 Å². The van der Waals surface area contributed by atoms with E-state index in [0.29, 0.717) is 11.5 Å². The van der Waals surface area contributed by atoms with Crippen molar-refractivity contribution in [1.82, 2.24) is 24.5 Å². The SMILES string of the molecule is CCc1nc(CC)n(-c2nn(C)cc2N)n1. The van der Waals surface area contributed by atoms with Crippen LogP contribution < -0.4 is 5.73 Å². The lowest BCUT2D eigenvalue weighted by Gasteiger charge is -2.00. The molecule has 0 radical (unpaired) electrons. The number of nitrogens with two attached hydrogens (primary N) is 1. The van der Waals surface area contributed by atoms with Gasteiger partial charge in [0.05, 0.1) is 5.69 Å². The maximum absolute atomic E-state index is 5.88. The first-order valence-corrected chi connectivity index (χ1v) is 5.40. The van der Waals surface area contributed by atoms with Crippen molar-refractivity contribution >= 4 is 5.69 Å². The first-order valence-electron chi connectivity index (χ1n) is 5.40. The molecule has 2 rings (SSSR count). The van der Waals surface area contributed by atoms with Crippen molar-refractivity contribution < 1.29 is 0 Å². The smallest absolute Gasteiger partial charge is 0.200 e. The average Bonchev–Trinajstić information content (AvgIpc) is 2.81. The lowest BCUT2D eigenvalue weighted by atomic mass is 10.4. The summed E-state index contributed by atoms with van der Waals surface area (Å²) in [5.41, 5.74) is 6.49. The summed E-state index contributed by atoms with van der Waals surface area (Å²) in [4.78, 5) is 4.42. The lowest BCUT2D eigenvalue weighted by molar-refractivity contribution is 0.709. The minimum absolute atomic E-state index is 0.616. The highest BCUT2D eigenvalue weighted by Crippen LogP contribution is 2.15. The molecule has 0 bridgehead atoms. The molecule has 16 heavy (non-hydrogen) atoms. The Balaban J connectivity index is 2.54. The van der Waals surface area contributed by atoms with E-state index >= 15 is 0 Å². The Morgan fingerprint density at radius 3 is 2.50 bits per heavy atom. The molecule has 0 aliphatic rings. The van der Waals surface area contributed by atoms with Crippen molar-refractivity contribution in [1.29, 1.82) is 0 Å². The van der Waals surface area contributed by atoms with Gasteiger partial charge in [-0.1, -0.05) is 13.8 Å². The maximum Gasteiger partial charge on any atom is 0.200 e. The first kappa shape index (κ1) is 10.7. The molecule has 2 aromatic heterocycles. The Morgan fingerprint density at radius 2 is 2.00 bits per heavy atom. The van der Waals surface area contributed by atoms with Crippen LogP contribution in [-0.4, -0.2) is 24.5 Å². The van der Waals surface area contributed by atoms with Gasteiger partial charge in [0.15, 0.2) is 11.6 Å². The van der Waals surface area contributed by atoms with Crippen LogP contribution in [0.3, 0.4) is 0 Å². The highest BCUT2D eigenvalue weighted by atomic mass is 15.4. The number of anilines is 1. The van der Waals surface area contributed by atoms with E-state index in [4.69, 9.17) is 5.73 Å². The summed E-state index contributed by atoms with van der Waals surface area (Å²) < 4.78 is 3.41. The van der Waals surface area contributed by atoms with E-state index in [2.05, 4.69) is 15.2 Å².